The minimum atomic E-state index is -1.38. The molecule has 1 unspecified atom stereocenters. The van der Waals surface area contributed by atoms with Crippen LogP contribution in [0.5, 0.6) is 0 Å². The van der Waals surface area contributed by atoms with Gasteiger partial charge < -0.3 is 30.5 Å². The molecule has 0 fully saturated rings. The van der Waals surface area contributed by atoms with Crippen molar-refractivity contribution in [2.75, 3.05) is 13.7 Å². The molecule has 8 nitrogen and oxygen atoms in total. The summed E-state index contributed by atoms with van der Waals surface area (Å²) in [4.78, 5) is 28.0. The van der Waals surface area contributed by atoms with Crippen molar-refractivity contribution in [2.24, 2.45) is 11.7 Å². The molecule has 25 heavy (non-hydrogen) atoms. The summed E-state index contributed by atoms with van der Waals surface area (Å²) in [5.41, 5.74) is 4.65. The Bertz CT molecular complexity index is 397. The Morgan fingerprint density at radius 1 is 1.28 bits per heavy atom. The van der Waals surface area contributed by atoms with Crippen molar-refractivity contribution in [3.05, 3.63) is 0 Å². The van der Waals surface area contributed by atoms with Crippen LogP contribution in [0.1, 0.15) is 52.4 Å². The monoisotopic (exact) mass is 360 g/mol. The molecule has 0 rings (SSSR count). The lowest BCUT2D eigenvalue weighted by Crippen LogP contribution is -2.48. The number of aldehydes is 1. The highest BCUT2D eigenvalue weighted by Crippen LogP contribution is 2.20. The highest BCUT2D eigenvalue weighted by Gasteiger charge is 2.33. The van der Waals surface area contributed by atoms with Crippen molar-refractivity contribution in [2.45, 2.75) is 70.3 Å². The van der Waals surface area contributed by atoms with E-state index in [1.165, 1.54) is 7.11 Å². The number of aliphatic carboxylic acids is 1. The van der Waals surface area contributed by atoms with Gasteiger partial charge in [0.05, 0.1) is 13.2 Å². The number of nitrogens with two attached hydrogens (primary N) is 1. The lowest BCUT2D eigenvalue weighted by molar-refractivity contribution is -0.169. The maximum Gasteiger partial charge on any atom is 0.451 e. The fourth-order valence-electron chi connectivity index (χ4n) is 2.77. The minimum Gasteiger partial charge on any atom is -0.480 e. The van der Waals surface area contributed by atoms with Crippen LogP contribution in [0.15, 0.2) is 0 Å². The highest BCUT2D eigenvalue weighted by atomic mass is 16.7. The van der Waals surface area contributed by atoms with Crippen LogP contribution in [0.2, 0.25) is 6.32 Å². The van der Waals surface area contributed by atoms with Gasteiger partial charge in [-0.2, -0.15) is 5.06 Å². The Morgan fingerprint density at radius 2 is 1.88 bits per heavy atom. The fraction of sp³-hybridized carbons (Fsp3) is 0.875. The van der Waals surface area contributed by atoms with E-state index in [0.29, 0.717) is 38.1 Å². The maximum atomic E-state index is 11.5. The van der Waals surface area contributed by atoms with E-state index < -0.39 is 18.6 Å². The first kappa shape index (κ1) is 24.0. The molecule has 0 heterocycles. The van der Waals surface area contributed by atoms with Crippen molar-refractivity contribution in [1.82, 2.24) is 5.06 Å². The van der Waals surface area contributed by atoms with E-state index in [-0.39, 0.29) is 25.2 Å². The van der Waals surface area contributed by atoms with Gasteiger partial charge in [-0.05, 0) is 37.9 Å². The summed E-state index contributed by atoms with van der Waals surface area (Å²) in [7, 11) is 0.109. The van der Waals surface area contributed by atoms with Gasteiger partial charge in [0.2, 0.25) is 0 Å². The molecule has 0 saturated heterocycles. The van der Waals surface area contributed by atoms with Gasteiger partial charge in [-0.3, -0.25) is 4.79 Å². The van der Waals surface area contributed by atoms with Gasteiger partial charge in [-0.25, -0.2) is 0 Å². The molecule has 0 aromatic heterocycles. The molecule has 0 bridgehead atoms. The first-order valence-corrected chi connectivity index (χ1v) is 8.80. The van der Waals surface area contributed by atoms with E-state index in [1.807, 2.05) is 13.8 Å². The average molecular weight is 360 g/mol. The minimum absolute atomic E-state index is 0.198. The SMILES string of the molecule is CON(CCC[C@@](N)(CCCCB(O)O)C(=O)O)C(C=O)CC(C)C. The summed E-state index contributed by atoms with van der Waals surface area (Å²) in [6.45, 7) is 4.44. The number of rotatable bonds is 15. The molecule has 5 N–H and O–H groups in total. The Hall–Kier alpha value is -0.995. The summed E-state index contributed by atoms with van der Waals surface area (Å²) in [6, 6.07) is -0.368. The highest BCUT2D eigenvalue weighted by molar-refractivity contribution is 6.40. The molecule has 9 heteroatoms. The van der Waals surface area contributed by atoms with Crippen LogP contribution in [0, 0.1) is 5.92 Å². The van der Waals surface area contributed by atoms with E-state index in [1.54, 1.807) is 5.06 Å². The van der Waals surface area contributed by atoms with Crippen LogP contribution >= 0.6 is 0 Å². The summed E-state index contributed by atoms with van der Waals surface area (Å²) in [6.07, 6.45) is 3.67. The van der Waals surface area contributed by atoms with Crippen LogP contribution in [0.25, 0.3) is 0 Å². The molecule has 0 amide bonds. The molecular formula is C16H33BN2O6. The second-order valence-corrected chi connectivity index (χ2v) is 6.95. The molecule has 0 aliphatic rings. The first-order chi connectivity index (χ1) is 11.7. The third kappa shape index (κ3) is 9.91. The van der Waals surface area contributed by atoms with Gasteiger partial charge in [-0.15, -0.1) is 0 Å². The predicted molar refractivity (Wildman–Crippen MR) is 95.7 cm³/mol. The molecule has 0 aliphatic carbocycles. The normalized spacial score (nSPS) is 15.2. The van der Waals surface area contributed by atoms with E-state index >= 15 is 0 Å². The van der Waals surface area contributed by atoms with Gasteiger partial charge >= 0.3 is 13.1 Å². The zero-order valence-corrected chi connectivity index (χ0v) is 15.6. The summed E-state index contributed by atoms with van der Waals surface area (Å²) >= 11 is 0. The van der Waals surface area contributed by atoms with E-state index in [4.69, 9.17) is 20.6 Å². The number of nitrogens with zero attached hydrogens (tertiary/aromatic N) is 1. The zero-order valence-electron chi connectivity index (χ0n) is 15.6. The zero-order chi connectivity index (χ0) is 19.5. The molecule has 0 saturated carbocycles. The maximum absolute atomic E-state index is 11.5. The molecule has 0 aromatic rings. The summed E-state index contributed by atoms with van der Waals surface area (Å²) in [5.74, 6) is -0.738. The average Bonchev–Trinajstić information content (AvgIpc) is 2.53. The molecule has 0 aromatic carbocycles. The quantitative estimate of drug-likeness (QED) is 0.145. The van der Waals surface area contributed by atoms with Gasteiger partial charge in [0, 0.05) is 6.54 Å². The third-order valence-corrected chi connectivity index (χ3v) is 4.24. The van der Waals surface area contributed by atoms with Gasteiger partial charge in [0.25, 0.3) is 0 Å². The van der Waals surface area contributed by atoms with Crippen LogP contribution in [-0.4, -0.2) is 64.8 Å². The number of hydroxylamine groups is 2. The number of carbonyl (C=O) groups excluding carboxylic acids is 1. The Balaban J connectivity index is 4.52. The predicted octanol–water partition coefficient (Wildman–Crippen LogP) is 0.669. The molecule has 2 atom stereocenters. The molecule has 0 spiro atoms. The van der Waals surface area contributed by atoms with Crippen LogP contribution in [0.4, 0.5) is 0 Å². The van der Waals surface area contributed by atoms with E-state index in [9.17, 15) is 14.7 Å². The topological polar surface area (TPSA) is 133 Å². The molecule has 0 aliphatic heterocycles. The third-order valence-electron chi connectivity index (χ3n) is 4.24. The summed E-state index contributed by atoms with van der Waals surface area (Å²) in [5, 5.41) is 28.6. The number of carboxylic acid groups (broad SMARTS) is 1. The second-order valence-electron chi connectivity index (χ2n) is 6.95. The number of carboxylic acids is 1. The van der Waals surface area contributed by atoms with Crippen molar-refractivity contribution in [3.8, 4) is 0 Å². The van der Waals surface area contributed by atoms with Crippen molar-refractivity contribution >= 4 is 19.4 Å². The Labute approximate surface area is 150 Å². The van der Waals surface area contributed by atoms with Gasteiger partial charge in [0.1, 0.15) is 11.8 Å². The molecule has 0 radical (unpaired) electrons. The fourth-order valence-corrected chi connectivity index (χ4v) is 2.77. The largest absolute Gasteiger partial charge is 0.480 e. The number of hydrogen-bond donors (Lipinski definition) is 4. The Kier molecular flexibility index (Phi) is 11.9. The van der Waals surface area contributed by atoms with E-state index in [0.717, 1.165) is 6.29 Å². The smallest absolute Gasteiger partial charge is 0.451 e. The number of unbranched alkanes of at least 4 members (excludes halogenated alkanes) is 1. The Morgan fingerprint density at radius 3 is 2.32 bits per heavy atom. The van der Waals surface area contributed by atoms with Crippen LogP contribution in [-0.2, 0) is 14.4 Å². The first-order valence-electron chi connectivity index (χ1n) is 8.80. The van der Waals surface area contributed by atoms with E-state index in [2.05, 4.69) is 0 Å². The van der Waals surface area contributed by atoms with Crippen molar-refractivity contribution < 1.29 is 29.6 Å². The van der Waals surface area contributed by atoms with Gasteiger partial charge in [0.15, 0.2) is 0 Å². The van der Waals surface area contributed by atoms with Crippen LogP contribution in [0.3, 0.4) is 0 Å². The number of carbonyl (C=O) groups is 2. The van der Waals surface area contributed by atoms with Crippen LogP contribution < -0.4 is 5.73 Å². The second kappa shape index (κ2) is 12.4. The van der Waals surface area contributed by atoms with Crippen molar-refractivity contribution in [1.29, 1.82) is 0 Å². The molecular weight excluding hydrogens is 327 g/mol. The van der Waals surface area contributed by atoms with Gasteiger partial charge in [-0.1, -0.05) is 26.7 Å². The molecule has 146 valence electrons. The summed E-state index contributed by atoms with van der Waals surface area (Å²) < 4.78 is 0. The van der Waals surface area contributed by atoms with Crippen molar-refractivity contribution in [3.63, 3.8) is 0 Å². The lowest BCUT2D eigenvalue weighted by atomic mass is 9.81. The standard InChI is InChI=1S/C16H33BN2O6/c1-13(2)11-14(12-20)19(25-3)10-6-8-16(18,15(21)22)7-4-5-9-17(23)24/h12-14,23-24H,4-11,18H2,1-3H3,(H,21,22)/t14?,16-/m0/s1. The number of hydrogen-bond acceptors (Lipinski definition) is 7. The lowest BCUT2D eigenvalue weighted by Gasteiger charge is -2.29.